The molecule has 0 fully saturated rings. The summed E-state index contributed by atoms with van der Waals surface area (Å²) in [6.07, 6.45) is 0. The molecular weight excluding hydrogens is 422 g/mol. The zero-order chi connectivity index (χ0) is 10.1. The van der Waals surface area contributed by atoms with Crippen molar-refractivity contribution in [2.75, 3.05) is 6.61 Å². The normalized spacial score (nSPS) is 10.8. The van der Waals surface area contributed by atoms with E-state index in [1.54, 1.807) is 11.3 Å². The third kappa shape index (κ3) is 1.88. The quantitative estimate of drug-likeness (QED) is 0.638. The highest BCUT2D eigenvalue weighted by Crippen LogP contribution is 2.38. The second-order valence-electron chi connectivity index (χ2n) is 2.76. The highest BCUT2D eigenvalue weighted by Gasteiger charge is 2.10. The van der Waals surface area contributed by atoms with Gasteiger partial charge in [-0.25, -0.2) is 0 Å². The van der Waals surface area contributed by atoms with Gasteiger partial charge in [0.15, 0.2) is 0 Å². The van der Waals surface area contributed by atoms with Crippen LogP contribution in [-0.2, 0) is 0 Å². The van der Waals surface area contributed by atoms with E-state index in [1.807, 2.05) is 13.0 Å². The summed E-state index contributed by atoms with van der Waals surface area (Å²) in [4.78, 5) is 0. The molecular formula is C10H8I2OS. The van der Waals surface area contributed by atoms with E-state index in [9.17, 15) is 0 Å². The third-order valence-electron chi connectivity index (χ3n) is 1.88. The standard InChI is InChI=1S/C10H8I2OS/c1-2-13-7-5-3-4-6-8(11)10(12)14-9(6)7/h3-5H,2H2,1H3. The van der Waals surface area contributed by atoms with Crippen LogP contribution >= 0.6 is 56.5 Å². The van der Waals surface area contributed by atoms with Gasteiger partial charge in [-0.1, -0.05) is 12.1 Å². The van der Waals surface area contributed by atoms with E-state index < -0.39 is 0 Å². The van der Waals surface area contributed by atoms with Crippen molar-refractivity contribution in [3.8, 4) is 5.75 Å². The maximum absolute atomic E-state index is 5.59. The van der Waals surface area contributed by atoms with Crippen LogP contribution in [0, 0.1) is 6.45 Å². The molecule has 2 aromatic rings. The minimum atomic E-state index is 0.726. The summed E-state index contributed by atoms with van der Waals surface area (Å²) in [6.45, 7) is 2.74. The average Bonchev–Trinajstić information content (AvgIpc) is 2.46. The van der Waals surface area contributed by atoms with Crippen molar-refractivity contribution in [2.45, 2.75) is 6.92 Å². The monoisotopic (exact) mass is 430 g/mol. The molecule has 0 atom stereocenters. The number of fused-ring (bicyclic) bond motifs is 1. The first kappa shape index (κ1) is 10.9. The summed E-state index contributed by atoms with van der Waals surface area (Å²) < 4.78 is 9.53. The van der Waals surface area contributed by atoms with E-state index >= 15 is 0 Å². The molecule has 0 unspecified atom stereocenters. The molecule has 1 aromatic carbocycles. The number of halogens is 2. The van der Waals surface area contributed by atoms with Crippen LogP contribution in [0.15, 0.2) is 18.2 Å². The first-order valence-electron chi connectivity index (χ1n) is 4.23. The fourth-order valence-electron chi connectivity index (χ4n) is 1.30. The van der Waals surface area contributed by atoms with E-state index in [4.69, 9.17) is 4.74 Å². The summed E-state index contributed by atoms with van der Waals surface area (Å²) >= 11 is 6.57. The van der Waals surface area contributed by atoms with Crippen LogP contribution in [0.2, 0.25) is 0 Å². The Labute approximate surface area is 114 Å². The summed E-state index contributed by atoms with van der Waals surface area (Å²) in [7, 11) is 0. The predicted octanol–water partition coefficient (Wildman–Crippen LogP) is 4.51. The highest BCUT2D eigenvalue weighted by molar-refractivity contribution is 14.1. The molecule has 0 radical (unpaired) electrons. The SMILES string of the molecule is CCOc1cccc2c(I)c(I)sc12. The minimum absolute atomic E-state index is 0.726. The Morgan fingerprint density at radius 1 is 1.36 bits per heavy atom. The Morgan fingerprint density at radius 2 is 2.14 bits per heavy atom. The second kappa shape index (κ2) is 4.52. The van der Waals surface area contributed by atoms with E-state index in [0.717, 1.165) is 12.4 Å². The zero-order valence-electron chi connectivity index (χ0n) is 7.51. The van der Waals surface area contributed by atoms with Gasteiger partial charge >= 0.3 is 0 Å². The molecule has 0 aliphatic heterocycles. The van der Waals surface area contributed by atoms with E-state index in [-0.39, 0.29) is 0 Å². The molecule has 2 rings (SSSR count). The van der Waals surface area contributed by atoms with Crippen LogP contribution in [0.5, 0.6) is 5.75 Å². The van der Waals surface area contributed by atoms with Crippen molar-refractivity contribution in [1.29, 1.82) is 0 Å². The van der Waals surface area contributed by atoms with Crippen molar-refractivity contribution in [1.82, 2.24) is 0 Å². The lowest BCUT2D eigenvalue weighted by atomic mass is 10.2. The van der Waals surface area contributed by atoms with Crippen LogP contribution in [0.3, 0.4) is 0 Å². The molecule has 0 amide bonds. The molecule has 1 heterocycles. The first-order chi connectivity index (χ1) is 6.74. The molecule has 14 heavy (non-hydrogen) atoms. The van der Waals surface area contributed by atoms with Crippen molar-refractivity contribution in [3.63, 3.8) is 0 Å². The maximum Gasteiger partial charge on any atom is 0.137 e. The highest BCUT2D eigenvalue weighted by atomic mass is 127. The first-order valence-corrected chi connectivity index (χ1v) is 7.20. The number of benzene rings is 1. The van der Waals surface area contributed by atoms with E-state index in [0.29, 0.717) is 0 Å². The summed E-state index contributed by atoms with van der Waals surface area (Å²) in [6, 6.07) is 6.24. The number of hydrogen-bond acceptors (Lipinski definition) is 2. The van der Waals surface area contributed by atoms with Crippen LogP contribution < -0.4 is 4.74 Å². The molecule has 4 heteroatoms. The van der Waals surface area contributed by atoms with Crippen molar-refractivity contribution < 1.29 is 4.74 Å². The van der Waals surface area contributed by atoms with E-state index in [2.05, 4.69) is 57.3 Å². The lowest BCUT2D eigenvalue weighted by Crippen LogP contribution is -1.90. The Bertz CT molecular complexity index is 464. The minimum Gasteiger partial charge on any atom is -0.492 e. The van der Waals surface area contributed by atoms with Gasteiger partial charge in [0.2, 0.25) is 0 Å². The van der Waals surface area contributed by atoms with Gasteiger partial charge in [0.25, 0.3) is 0 Å². The van der Waals surface area contributed by atoms with E-state index in [1.165, 1.54) is 16.5 Å². The van der Waals surface area contributed by atoms with Crippen LogP contribution in [0.25, 0.3) is 10.1 Å². The molecule has 0 saturated carbocycles. The largest absolute Gasteiger partial charge is 0.492 e. The molecule has 0 saturated heterocycles. The molecule has 0 spiro atoms. The second-order valence-corrected chi connectivity index (χ2v) is 6.67. The van der Waals surface area contributed by atoms with Crippen molar-refractivity contribution in [2.24, 2.45) is 0 Å². The fraction of sp³-hybridized carbons (Fsp3) is 0.200. The lowest BCUT2D eigenvalue weighted by molar-refractivity contribution is 0.345. The predicted molar refractivity (Wildman–Crippen MR) is 78.4 cm³/mol. The Hall–Kier alpha value is 0.440. The summed E-state index contributed by atoms with van der Waals surface area (Å²) in [5.41, 5.74) is 0. The van der Waals surface area contributed by atoms with Gasteiger partial charge in [-0.3, -0.25) is 0 Å². The van der Waals surface area contributed by atoms with Crippen LogP contribution in [-0.4, -0.2) is 6.61 Å². The molecule has 0 aliphatic carbocycles. The smallest absolute Gasteiger partial charge is 0.137 e. The van der Waals surface area contributed by atoms with Crippen LogP contribution in [0.1, 0.15) is 6.92 Å². The Morgan fingerprint density at radius 3 is 2.86 bits per heavy atom. The lowest BCUT2D eigenvalue weighted by Gasteiger charge is -2.02. The zero-order valence-corrected chi connectivity index (χ0v) is 12.6. The number of hydrogen-bond donors (Lipinski definition) is 0. The van der Waals surface area contributed by atoms with Crippen molar-refractivity contribution >= 4 is 66.6 Å². The van der Waals surface area contributed by atoms with Gasteiger partial charge in [0.1, 0.15) is 5.75 Å². The van der Waals surface area contributed by atoms with Gasteiger partial charge in [-0.2, -0.15) is 0 Å². The molecule has 0 N–H and O–H groups in total. The maximum atomic E-state index is 5.59. The van der Waals surface area contributed by atoms with Crippen LogP contribution in [0.4, 0.5) is 0 Å². The third-order valence-corrected chi connectivity index (χ3v) is 6.61. The fourth-order valence-corrected chi connectivity index (χ4v) is 4.10. The average molecular weight is 430 g/mol. The Balaban J connectivity index is 2.68. The molecule has 74 valence electrons. The molecule has 0 bridgehead atoms. The number of rotatable bonds is 2. The number of ether oxygens (including phenoxy) is 1. The Kier molecular flexibility index (Phi) is 3.54. The van der Waals surface area contributed by atoms with Gasteiger partial charge in [0.05, 0.1) is 14.2 Å². The van der Waals surface area contributed by atoms with Gasteiger partial charge in [-0.15, -0.1) is 11.3 Å². The molecule has 1 nitrogen and oxygen atoms in total. The van der Waals surface area contributed by atoms with Gasteiger partial charge in [-0.05, 0) is 58.2 Å². The molecule has 0 aliphatic rings. The van der Waals surface area contributed by atoms with Gasteiger partial charge in [0, 0.05) is 8.96 Å². The summed E-state index contributed by atoms with van der Waals surface area (Å²) in [5, 5.41) is 1.31. The number of thiophene rings is 1. The molecule has 1 aromatic heterocycles. The van der Waals surface area contributed by atoms with Crippen molar-refractivity contribution in [3.05, 3.63) is 24.7 Å². The topological polar surface area (TPSA) is 9.23 Å². The van der Waals surface area contributed by atoms with Gasteiger partial charge < -0.3 is 4.74 Å². The summed E-state index contributed by atoms with van der Waals surface area (Å²) in [5.74, 6) is 1.01.